The van der Waals surface area contributed by atoms with Crippen LogP contribution < -0.4 is 4.74 Å². The van der Waals surface area contributed by atoms with Crippen LogP contribution >= 0.6 is 0 Å². The summed E-state index contributed by atoms with van der Waals surface area (Å²) in [5, 5.41) is 0. The Labute approximate surface area is 118 Å². The summed E-state index contributed by atoms with van der Waals surface area (Å²) in [4.78, 5) is 0. The van der Waals surface area contributed by atoms with Crippen molar-refractivity contribution < 1.29 is 9.47 Å². The zero-order valence-electron chi connectivity index (χ0n) is 13.2. The molecule has 0 saturated heterocycles. The van der Waals surface area contributed by atoms with E-state index in [0.29, 0.717) is 5.92 Å². The van der Waals surface area contributed by atoms with Gasteiger partial charge in [-0.1, -0.05) is 46.8 Å². The van der Waals surface area contributed by atoms with Crippen LogP contribution in [0.1, 0.15) is 53.5 Å². The number of rotatable bonds is 7. The number of hydrogen-bond donors (Lipinski definition) is 0. The second-order valence-electron chi connectivity index (χ2n) is 6.17. The smallest absolute Gasteiger partial charge is 0.196 e. The molecule has 1 aromatic carbocycles. The molecule has 0 aliphatic heterocycles. The lowest BCUT2D eigenvalue weighted by Gasteiger charge is -2.24. The lowest BCUT2D eigenvalue weighted by molar-refractivity contribution is -0.0755. The Bertz CT molecular complexity index is 365. The summed E-state index contributed by atoms with van der Waals surface area (Å²) in [6, 6.07) is 8.35. The molecular formula is C17H28O2. The Morgan fingerprint density at radius 2 is 1.63 bits per heavy atom. The Morgan fingerprint density at radius 1 is 1.05 bits per heavy atom. The van der Waals surface area contributed by atoms with Gasteiger partial charge >= 0.3 is 0 Å². The van der Waals surface area contributed by atoms with Gasteiger partial charge in [0.2, 0.25) is 0 Å². The molecule has 0 aliphatic rings. The summed E-state index contributed by atoms with van der Waals surface area (Å²) >= 11 is 0. The number of hydrogen-bond acceptors (Lipinski definition) is 2. The summed E-state index contributed by atoms with van der Waals surface area (Å²) in [5.74, 6) is 1.39. The zero-order valence-corrected chi connectivity index (χ0v) is 13.2. The molecule has 0 radical (unpaired) electrons. The van der Waals surface area contributed by atoms with Crippen molar-refractivity contribution >= 4 is 0 Å². The normalized spacial score (nSPS) is 13.6. The van der Waals surface area contributed by atoms with Crippen molar-refractivity contribution in [1.29, 1.82) is 0 Å². The Morgan fingerprint density at radius 3 is 2.11 bits per heavy atom. The first-order valence-corrected chi connectivity index (χ1v) is 7.24. The molecule has 0 saturated carbocycles. The molecule has 0 amide bonds. The van der Waals surface area contributed by atoms with Crippen LogP contribution in [-0.2, 0) is 10.2 Å². The van der Waals surface area contributed by atoms with Gasteiger partial charge in [0.25, 0.3) is 0 Å². The van der Waals surface area contributed by atoms with Gasteiger partial charge < -0.3 is 9.47 Å². The minimum absolute atomic E-state index is 0.201. The molecule has 108 valence electrons. The first-order chi connectivity index (χ1) is 8.85. The van der Waals surface area contributed by atoms with Crippen LogP contribution in [0.25, 0.3) is 0 Å². The van der Waals surface area contributed by atoms with E-state index in [1.54, 1.807) is 0 Å². The lowest BCUT2D eigenvalue weighted by atomic mass is 9.82. The summed E-state index contributed by atoms with van der Waals surface area (Å²) in [7, 11) is 0. The monoisotopic (exact) mass is 264 g/mol. The van der Waals surface area contributed by atoms with Gasteiger partial charge in [0.15, 0.2) is 6.29 Å². The highest BCUT2D eigenvalue weighted by atomic mass is 16.7. The molecule has 0 spiro atoms. The van der Waals surface area contributed by atoms with Crippen LogP contribution in [0.5, 0.6) is 5.75 Å². The molecule has 2 nitrogen and oxygen atoms in total. The Kier molecular flexibility index (Phi) is 5.86. The average molecular weight is 264 g/mol. The molecule has 0 heterocycles. The van der Waals surface area contributed by atoms with Gasteiger partial charge in [-0.15, -0.1) is 0 Å². The number of ether oxygens (including phenoxy) is 2. The molecule has 0 bridgehead atoms. The molecule has 1 aromatic rings. The van der Waals surface area contributed by atoms with Crippen LogP contribution in [0.15, 0.2) is 24.3 Å². The second kappa shape index (κ2) is 6.95. The van der Waals surface area contributed by atoms with E-state index in [1.165, 1.54) is 5.56 Å². The van der Waals surface area contributed by atoms with E-state index in [4.69, 9.17) is 9.47 Å². The maximum atomic E-state index is 5.74. The molecule has 1 unspecified atom stereocenters. The molecule has 1 atom stereocenters. The highest BCUT2D eigenvalue weighted by molar-refractivity contribution is 5.31. The molecule has 19 heavy (non-hydrogen) atoms. The third-order valence-corrected chi connectivity index (χ3v) is 3.49. The standard InChI is InChI=1S/C17H28O2/c1-7-17(5,6)15-8-10-16(11-9-15)19-14(4)18-12-13(2)3/h8-11,13-14H,7,12H2,1-6H3. The topological polar surface area (TPSA) is 18.5 Å². The maximum absolute atomic E-state index is 5.74. The van der Waals surface area contributed by atoms with E-state index in [-0.39, 0.29) is 11.7 Å². The molecule has 0 fully saturated rings. The molecular weight excluding hydrogens is 236 g/mol. The highest BCUT2D eigenvalue weighted by Gasteiger charge is 2.17. The van der Waals surface area contributed by atoms with Crippen molar-refractivity contribution in [3.05, 3.63) is 29.8 Å². The summed E-state index contributed by atoms with van der Waals surface area (Å²) < 4.78 is 11.3. The molecule has 1 rings (SSSR count). The second-order valence-corrected chi connectivity index (χ2v) is 6.17. The number of benzene rings is 1. The lowest BCUT2D eigenvalue weighted by Crippen LogP contribution is -2.19. The molecule has 2 heteroatoms. The van der Waals surface area contributed by atoms with Gasteiger partial charge in [0.05, 0.1) is 6.61 Å². The zero-order chi connectivity index (χ0) is 14.5. The van der Waals surface area contributed by atoms with Crippen molar-refractivity contribution in [3.8, 4) is 5.75 Å². The first kappa shape index (κ1) is 16.0. The Balaban J connectivity index is 2.57. The minimum Gasteiger partial charge on any atom is -0.465 e. The average Bonchev–Trinajstić information content (AvgIpc) is 2.37. The van der Waals surface area contributed by atoms with Crippen molar-refractivity contribution in [1.82, 2.24) is 0 Å². The van der Waals surface area contributed by atoms with Gasteiger partial charge in [-0.2, -0.15) is 0 Å². The van der Waals surface area contributed by atoms with E-state index in [2.05, 4.69) is 46.8 Å². The third-order valence-electron chi connectivity index (χ3n) is 3.49. The van der Waals surface area contributed by atoms with E-state index in [9.17, 15) is 0 Å². The largest absolute Gasteiger partial charge is 0.465 e. The molecule has 0 aromatic heterocycles. The first-order valence-electron chi connectivity index (χ1n) is 7.24. The van der Waals surface area contributed by atoms with Crippen LogP contribution in [0.4, 0.5) is 0 Å². The van der Waals surface area contributed by atoms with Crippen molar-refractivity contribution in [2.45, 2.75) is 59.7 Å². The summed E-state index contributed by atoms with van der Waals surface area (Å²) in [5.41, 5.74) is 1.57. The summed E-state index contributed by atoms with van der Waals surface area (Å²) in [6.07, 6.45) is 0.925. The van der Waals surface area contributed by atoms with E-state index >= 15 is 0 Å². The predicted octanol–water partition coefficient (Wildman–Crippen LogP) is 4.77. The van der Waals surface area contributed by atoms with Gasteiger partial charge in [-0.25, -0.2) is 0 Å². The maximum Gasteiger partial charge on any atom is 0.196 e. The predicted molar refractivity (Wildman–Crippen MR) is 80.6 cm³/mol. The van der Waals surface area contributed by atoms with Crippen LogP contribution in [0, 0.1) is 5.92 Å². The van der Waals surface area contributed by atoms with E-state index in [0.717, 1.165) is 18.8 Å². The SMILES string of the molecule is CCC(C)(C)c1ccc(OC(C)OCC(C)C)cc1. The fourth-order valence-corrected chi connectivity index (χ4v) is 1.74. The van der Waals surface area contributed by atoms with Crippen molar-refractivity contribution in [2.24, 2.45) is 5.92 Å². The summed E-state index contributed by atoms with van der Waals surface area (Å²) in [6.45, 7) is 13.7. The van der Waals surface area contributed by atoms with Gasteiger partial charge in [0, 0.05) is 0 Å². The van der Waals surface area contributed by atoms with Crippen LogP contribution in [-0.4, -0.2) is 12.9 Å². The van der Waals surface area contributed by atoms with Gasteiger partial charge in [-0.05, 0) is 42.4 Å². The van der Waals surface area contributed by atoms with E-state index < -0.39 is 0 Å². The van der Waals surface area contributed by atoms with Crippen molar-refractivity contribution in [2.75, 3.05) is 6.61 Å². The quantitative estimate of drug-likeness (QED) is 0.660. The Hall–Kier alpha value is -1.02. The van der Waals surface area contributed by atoms with Crippen LogP contribution in [0.3, 0.4) is 0 Å². The minimum atomic E-state index is -0.201. The third kappa shape index (κ3) is 5.23. The molecule has 0 aliphatic carbocycles. The van der Waals surface area contributed by atoms with Gasteiger partial charge in [-0.3, -0.25) is 0 Å². The van der Waals surface area contributed by atoms with Crippen molar-refractivity contribution in [3.63, 3.8) is 0 Å². The van der Waals surface area contributed by atoms with E-state index in [1.807, 2.05) is 19.1 Å². The highest BCUT2D eigenvalue weighted by Crippen LogP contribution is 2.28. The molecule has 0 N–H and O–H groups in total. The van der Waals surface area contributed by atoms with Crippen LogP contribution in [0.2, 0.25) is 0 Å². The fourth-order valence-electron chi connectivity index (χ4n) is 1.74. The van der Waals surface area contributed by atoms with Gasteiger partial charge in [0.1, 0.15) is 5.75 Å². The fraction of sp³-hybridized carbons (Fsp3) is 0.647.